The fourth-order valence-corrected chi connectivity index (χ4v) is 2.41. The van der Waals surface area contributed by atoms with Crippen LogP contribution in [-0.4, -0.2) is 41.6 Å². The minimum absolute atomic E-state index is 0.105. The molecule has 0 aliphatic carbocycles. The van der Waals surface area contributed by atoms with Crippen molar-refractivity contribution in [2.45, 2.75) is 13.3 Å². The highest BCUT2D eigenvalue weighted by atomic mass is 16.4. The maximum atomic E-state index is 12.2. The van der Waals surface area contributed by atoms with Crippen LogP contribution in [-0.2, 0) is 0 Å². The molecule has 20 heavy (non-hydrogen) atoms. The second-order valence-electron chi connectivity index (χ2n) is 5.07. The van der Waals surface area contributed by atoms with Crippen molar-refractivity contribution in [2.24, 2.45) is 11.7 Å². The molecule has 4 N–H and O–H groups in total. The number of rotatable bonds is 3. The number of carboxylic acids is 1. The molecule has 1 heterocycles. The van der Waals surface area contributed by atoms with Gasteiger partial charge in [0.25, 0.3) is 0 Å². The summed E-state index contributed by atoms with van der Waals surface area (Å²) in [5, 5.41) is 11.9. The third kappa shape index (κ3) is 2.91. The zero-order chi connectivity index (χ0) is 14.7. The molecule has 6 heteroatoms. The van der Waals surface area contributed by atoms with Gasteiger partial charge in [-0.3, -0.25) is 0 Å². The van der Waals surface area contributed by atoms with Gasteiger partial charge in [-0.25, -0.2) is 9.59 Å². The highest BCUT2D eigenvalue weighted by molar-refractivity contribution is 6.01. The predicted molar refractivity (Wildman–Crippen MR) is 75.9 cm³/mol. The lowest BCUT2D eigenvalue weighted by Gasteiger charge is -2.19. The van der Waals surface area contributed by atoms with Crippen LogP contribution in [0.1, 0.15) is 22.3 Å². The molecule has 108 valence electrons. The lowest BCUT2D eigenvalue weighted by molar-refractivity contribution is 0.0698. The first-order valence-corrected chi connectivity index (χ1v) is 6.61. The molecule has 1 atom stereocenters. The highest BCUT2D eigenvalue weighted by Gasteiger charge is 2.26. The molecular formula is C14H19N3O3. The standard InChI is InChI=1S/C14H19N3O3/c1-9-3-2-4-11(13(18)19)12(9)16-14(20)17-6-5-10(7-15)8-17/h2-4,10H,5-8,15H2,1H3,(H,16,20)(H,18,19). The predicted octanol–water partition coefficient (Wildman–Crippen LogP) is 1.51. The molecule has 1 unspecified atom stereocenters. The monoisotopic (exact) mass is 277 g/mol. The van der Waals surface area contributed by atoms with Crippen molar-refractivity contribution in [3.63, 3.8) is 0 Å². The minimum Gasteiger partial charge on any atom is -0.478 e. The fraction of sp³-hybridized carbons (Fsp3) is 0.429. The first-order valence-electron chi connectivity index (χ1n) is 6.61. The van der Waals surface area contributed by atoms with E-state index in [2.05, 4.69) is 5.32 Å². The number of hydrogen-bond donors (Lipinski definition) is 3. The number of hydrogen-bond acceptors (Lipinski definition) is 3. The van der Waals surface area contributed by atoms with Crippen LogP contribution >= 0.6 is 0 Å². The number of nitrogens with two attached hydrogens (primary N) is 1. The molecule has 1 aromatic rings. The number of amides is 2. The van der Waals surface area contributed by atoms with Crippen LogP contribution in [0.3, 0.4) is 0 Å². The van der Waals surface area contributed by atoms with Crippen molar-refractivity contribution >= 4 is 17.7 Å². The van der Waals surface area contributed by atoms with E-state index < -0.39 is 5.97 Å². The molecule has 1 aliphatic heterocycles. The second kappa shape index (κ2) is 5.92. The summed E-state index contributed by atoms with van der Waals surface area (Å²) in [6, 6.07) is 4.65. The van der Waals surface area contributed by atoms with Crippen molar-refractivity contribution in [1.29, 1.82) is 0 Å². The zero-order valence-corrected chi connectivity index (χ0v) is 11.4. The number of para-hydroxylation sites is 1. The minimum atomic E-state index is -1.05. The molecule has 2 amide bonds. The number of aromatic carboxylic acids is 1. The van der Waals surface area contributed by atoms with Crippen LogP contribution < -0.4 is 11.1 Å². The molecule has 1 aliphatic rings. The Morgan fingerprint density at radius 2 is 2.25 bits per heavy atom. The summed E-state index contributed by atoms with van der Waals surface area (Å²) < 4.78 is 0. The molecule has 0 bridgehead atoms. The average molecular weight is 277 g/mol. The van der Waals surface area contributed by atoms with Crippen molar-refractivity contribution in [3.05, 3.63) is 29.3 Å². The summed E-state index contributed by atoms with van der Waals surface area (Å²) >= 11 is 0. The summed E-state index contributed by atoms with van der Waals surface area (Å²) in [6.45, 7) is 3.61. The Balaban J connectivity index is 2.14. The Bertz CT molecular complexity index is 530. The summed E-state index contributed by atoms with van der Waals surface area (Å²) in [7, 11) is 0. The topological polar surface area (TPSA) is 95.7 Å². The van der Waals surface area contributed by atoms with Crippen molar-refractivity contribution in [3.8, 4) is 0 Å². The smallest absolute Gasteiger partial charge is 0.337 e. The van der Waals surface area contributed by atoms with Gasteiger partial charge in [0, 0.05) is 13.1 Å². The SMILES string of the molecule is Cc1cccc(C(=O)O)c1NC(=O)N1CCC(CN)C1. The number of aryl methyl sites for hydroxylation is 1. The third-order valence-electron chi connectivity index (χ3n) is 3.64. The molecule has 0 spiro atoms. The van der Waals surface area contributed by atoms with Crippen molar-refractivity contribution < 1.29 is 14.7 Å². The number of nitrogens with zero attached hydrogens (tertiary/aromatic N) is 1. The number of carbonyl (C=O) groups is 2. The van der Waals surface area contributed by atoms with E-state index in [1.807, 2.05) is 0 Å². The number of carboxylic acid groups (broad SMARTS) is 1. The second-order valence-corrected chi connectivity index (χ2v) is 5.07. The Labute approximate surface area is 117 Å². The number of benzene rings is 1. The summed E-state index contributed by atoms with van der Waals surface area (Å²) in [4.78, 5) is 25.1. The molecule has 2 rings (SSSR count). The Morgan fingerprint density at radius 1 is 1.50 bits per heavy atom. The molecule has 0 aromatic heterocycles. The van der Waals surface area contributed by atoms with Crippen molar-refractivity contribution in [1.82, 2.24) is 4.90 Å². The zero-order valence-electron chi connectivity index (χ0n) is 11.4. The van der Waals surface area contributed by atoms with Crippen molar-refractivity contribution in [2.75, 3.05) is 25.0 Å². The van der Waals surface area contributed by atoms with E-state index in [0.29, 0.717) is 31.2 Å². The van der Waals surface area contributed by atoms with Crippen LogP contribution in [0, 0.1) is 12.8 Å². The van der Waals surface area contributed by atoms with Crippen LogP contribution in [0.25, 0.3) is 0 Å². The van der Waals surface area contributed by atoms with E-state index in [9.17, 15) is 9.59 Å². The molecule has 1 aromatic carbocycles. The van der Waals surface area contributed by atoms with E-state index in [1.54, 1.807) is 24.0 Å². The van der Waals surface area contributed by atoms with Crippen LogP contribution in [0.5, 0.6) is 0 Å². The van der Waals surface area contributed by atoms with Gasteiger partial charge in [0.05, 0.1) is 11.3 Å². The molecule has 0 saturated carbocycles. The third-order valence-corrected chi connectivity index (χ3v) is 3.64. The number of likely N-dealkylation sites (tertiary alicyclic amines) is 1. The maximum absolute atomic E-state index is 12.2. The largest absolute Gasteiger partial charge is 0.478 e. The maximum Gasteiger partial charge on any atom is 0.337 e. The van der Waals surface area contributed by atoms with E-state index in [4.69, 9.17) is 10.8 Å². The van der Waals surface area contributed by atoms with E-state index in [-0.39, 0.29) is 11.6 Å². The quantitative estimate of drug-likeness (QED) is 0.780. The molecule has 1 fully saturated rings. The van der Waals surface area contributed by atoms with E-state index >= 15 is 0 Å². The first-order chi connectivity index (χ1) is 9.52. The number of carbonyl (C=O) groups excluding carboxylic acids is 1. The Hall–Kier alpha value is -2.08. The van der Waals surface area contributed by atoms with Crippen LogP contribution in [0.15, 0.2) is 18.2 Å². The van der Waals surface area contributed by atoms with Gasteiger partial charge in [0.1, 0.15) is 0 Å². The molecule has 0 radical (unpaired) electrons. The summed E-state index contributed by atoms with van der Waals surface area (Å²) in [6.07, 6.45) is 0.892. The lowest BCUT2D eigenvalue weighted by atomic mass is 10.1. The van der Waals surface area contributed by atoms with Gasteiger partial charge in [-0.05, 0) is 37.4 Å². The highest BCUT2D eigenvalue weighted by Crippen LogP contribution is 2.22. The molecule has 6 nitrogen and oxygen atoms in total. The number of urea groups is 1. The van der Waals surface area contributed by atoms with E-state index in [0.717, 1.165) is 12.0 Å². The molecule has 1 saturated heterocycles. The van der Waals surface area contributed by atoms with Gasteiger partial charge in [-0.15, -0.1) is 0 Å². The van der Waals surface area contributed by atoms with Gasteiger partial charge in [0.2, 0.25) is 0 Å². The van der Waals surface area contributed by atoms with Gasteiger partial charge < -0.3 is 21.1 Å². The fourth-order valence-electron chi connectivity index (χ4n) is 2.41. The van der Waals surface area contributed by atoms with Gasteiger partial charge in [-0.2, -0.15) is 0 Å². The first kappa shape index (κ1) is 14.3. The van der Waals surface area contributed by atoms with Gasteiger partial charge in [-0.1, -0.05) is 12.1 Å². The van der Waals surface area contributed by atoms with Crippen LogP contribution in [0.4, 0.5) is 10.5 Å². The Morgan fingerprint density at radius 3 is 2.85 bits per heavy atom. The lowest BCUT2D eigenvalue weighted by Crippen LogP contribution is -2.34. The Kier molecular flexibility index (Phi) is 4.24. The molecular weight excluding hydrogens is 258 g/mol. The van der Waals surface area contributed by atoms with E-state index in [1.165, 1.54) is 6.07 Å². The van der Waals surface area contributed by atoms with Gasteiger partial charge in [0.15, 0.2) is 0 Å². The van der Waals surface area contributed by atoms with Crippen LogP contribution in [0.2, 0.25) is 0 Å². The number of anilines is 1. The summed E-state index contributed by atoms with van der Waals surface area (Å²) in [5.41, 5.74) is 6.80. The summed E-state index contributed by atoms with van der Waals surface area (Å²) in [5.74, 6) is -0.721. The normalized spacial score (nSPS) is 18.1. The number of nitrogens with one attached hydrogen (secondary N) is 1. The average Bonchev–Trinajstić information content (AvgIpc) is 2.89. The van der Waals surface area contributed by atoms with Gasteiger partial charge >= 0.3 is 12.0 Å².